The SMILES string of the molecule is CO[C@H]1C[C@@H](CN2CCCC2)N(C(=O)c2cccc3c2OCO3)C1. The van der Waals surface area contributed by atoms with Gasteiger partial charge in [-0.1, -0.05) is 6.07 Å². The molecule has 0 saturated carbocycles. The second-order valence-electron chi connectivity index (χ2n) is 6.75. The number of rotatable bonds is 4. The van der Waals surface area contributed by atoms with E-state index in [2.05, 4.69) is 4.90 Å². The summed E-state index contributed by atoms with van der Waals surface area (Å²) in [5.41, 5.74) is 0.591. The third-order valence-electron chi connectivity index (χ3n) is 5.26. The van der Waals surface area contributed by atoms with E-state index < -0.39 is 0 Å². The number of hydrogen-bond donors (Lipinski definition) is 0. The molecule has 1 aromatic carbocycles. The summed E-state index contributed by atoms with van der Waals surface area (Å²) in [5, 5.41) is 0. The highest BCUT2D eigenvalue weighted by atomic mass is 16.7. The van der Waals surface area contributed by atoms with Gasteiger partial charge in [-0.05, 0) is 44.5 Å². The Morgan fingerprint density at radius 2 is 2.12 bits per heavy atom. The molecular weight excluding hydrogens is 308 g/mol. The quantitative estimate of drug-likeness (QED) is 0.841. The van der Waals surface area contributed by atoms with Gasteiger partial charge in [0.25, 0.3) is 5.91 Å². The Bertz CT molecular complexity index is 615. The molecule has 4 rings (SSSR count). The molecule has 6 nitrogen and oxygen atoms in total. The van der Waals surface area contributed by atoms with E-state index in [-0.39, 0.29) is 24.8 Å². The molecule has 3 aliphatic rings. The number of ether oxygens (including phenoxy) is 3. The molecule has 2 saturated heterocycles. The number of nitrogens with zero attached hydrogens (tertiary/aromatic N) is 2. The van der Waals surface area contributed by atoms with Crippen LogP contribution in [0.2, 0.25) is 0 Å². The Hall–Kier alpha value is -1.79. The summed E-state index contributed by atoms with van der Waals surface area (Å²) < 4.78 is 16.5. The van der Waals surface area contributed by atoms with Crippen LogP contribution in [0, 0.1) is 0 Å². The van der Waals surface area contributed by atoms with Crippen LogP contribution >= 0.6 is 0 Å². The molecule has 0 aliphatic carbocycles. The predicted molar refractivity (Wildman–Crippen MR) is 88.5 cm³/mol. The second-order valence-corrected chi connectivity index (χ2v) is 6.75. The minimum absolute atomic E-state index is 0.0149. The van der Waals surface area contributed by atoms with Crippen molar-refractivity contribution in [2.45, 2.75) is 31.4 Å². The van der Waals surface area contributed by atoms with Crippen LogP contribution in [-0.4, -0.2) is 67.9 Å². The van der Waals surface area contributed by atoms with Gasteiger partial charge in [-0.2, -0.15) is 0 Å². The zero-order valence-electron chi connectivity index (χ0n) is 14.1. The maximum Gasteiger partial charge on any atom is 0.258 e. The second kappa shape index (κ2) is 6.61. The largest absolute Gasteiger partial charge is 0.454 e. The Balaban J connectivity index is 1.55. The molecule has 1 aromatic rings. The average molecular weight is 332 g/mol. The lowest BCUT2D eigenvalue weighted by Crippen LogP contribution is -2.42. The zero-order valence-corrected chi connectivity index (χ0v) is 14.1. The zero-order chi connectivity index (χ0) is 16.5. The highest BCUT2D eigenvalue weighted by molar-refractivity contribution is 5.98. The first-order chi connectivity index (χ1) is 11.8. The molecule has 0 spiro atoms. The van der Waals surface area contributed by atoms with Gasteiger partial charge in [0.05, 0.1) is 11.7 Å². The van der Waals surface area contributed by atoms with E-state index in [1.807, 2.05) is 23.1 Å². The molecule has 24 heavy (non-hydrogen) atoms. The van der Waals surface area contributed by atoms with Gasteiger partial charge in [-0.15, -0.1) is 0 Å². The normalized spacial score (nSPS) is 26.3. The molecule has 6 heteroatoms. The lowest BCUT2D eigenvalue weighted by Gasteiger charge is -2.28. The fourth-order valence-electron chi connectivity index (χ4n) is 3.98. The molecular formula is C18H24N2O4. The number of likely N-dealkylation sites (tertiary alicyclic amines) is 2. The van der Waals surface area contributed by atoms with Gasteiger partial charge in [0, 0.05) is 26.2 Å². The summed E-state index contributed by atoms with van der Waals surface area (Å²) in [6, 6.07) is 5.70. The summed E-state index contributed by atoms with van der Waals surface area (Å²) in [7, 11) is 1.72. The predicted octanol–water partition coefficient (Wildman–Crippen LogP) is 1.74. The van der Waals surface area contributed by atoms with Crippen molar-refractivity contribution in [1.29, 1.82) is 0 Å². The topological polar surface area (TPSA) is 51.2 Å². The van der Waals surface area contributed by atoms with Crippen LogP contribution in [0.4, 0.5) is 0 Å². The van der Waals surface area contributed by atoms with Crippen LogP contribution in [-0.2, 0) is 4.74 Å². The van der Waals surface area contributed by atoms with Crippen molar-refractivity contribution >= 4 is 5.91 Å². The fraction of sp³-hybridized carbons (Fsp3) is 0.611. The van der Waals surface area contributed by atoms with Crippen LogP contribution in [0.1, 0.15) is 29.6 Å². The molecule has 0 unspecified atom stereocenters. The first kappa shape index (κ1) is 15.7. The van der Waals surface area contributed by atoms with Crippen LogP contribution in [0.5, 0.6) is 11.5 Å². The molecule has 0 bridgehead atoms. The number of carbonyl (C=O) groups is 1. The van der Waals surface area contributed by atoms with Crippen LogP contribution < -0.4 is 9.47 Å². The number of carbonyl (C=O) groups excluding carboxylic acids is 1. The van der Waals surface area contributed by atoms with Crippen molar-refractivity contribution in [3.8, 4) is 11.5 Å². The van der Waals surface area contributed by atoms with E-state index in [0.717, 1.165) is 26.1 Å². The molecule has 0 aromatic heterocycles. The molecule has 3 aliphatic heterocycles. The van der Waals surface area contributed by atoms with Gasteiger partial charge in [-0.3, -0.25) is 4.79 Å². The minimum atomic E-state index is 0.0149. The van der Waals surface area contributed by atoms with Crippen LogP contribution in [0.15, 0.2) is 18.2 Å². The first-order valence-corrected chi connectivity index (χ1v) is 8.71. The van der Waals surface area contributed by atoms with Gasteiger partial charge in [0.2, 0.25) is 6.79 Å². The van der Waals surface area contributed by atoms with Crippen LogP contribution in [0.3, 0.4) is 0 Å². The maximum atomic E-state index is 13.2. The van der Waals surface area contributed by atoms with Crippen molar-refractivity contribution in [1.82, 2.24) is 9.80 Å². The molecule has 2 fully saturated rings. The van der Waals surface area contributed by atoms with Crippen molar-refractivity contribution in [3.63, 3.8) is 0 Å². The van der Waals surface area contributed by atoms with Crippen molar-refractivity contribution < 1.29 is 19.0 Å². The highest BCUT2D eigenvalue weighted by Crippen LogP contribution is 2.37. The smallest absolute Gasteiger partial charge is 0.258 e. The van der Waals surface area contributed by atoms with Gasteiger partial charge >= 0.3 is 0 Å². The lowest BCUT2D eigenvalue weighted by molar-refractivity contribution is 0.0666. The number of para-hydroxylation sites is 1. The van der Waals surface area contributed by atoms with E-state index in [4.69, 9.17) is 14.2 Å². The Labute approximate surface area is 142 Å². The van der Waals surface area contributed by atoms with Gasteiger partial charge in [-0.25, -0.2) is 0 Å². The third kappa shape index (κ3) is 2.84. The highest BCUT2D eigenvalue weighted by Gasteiger charge is 2.38. The minimum Gasteiger partial charge on any atom is -0.454 e. The van der Waals surface area contributed by atoms with E-state index in [1.165, 1.54) is 12.8 Å². The summed E-state index contributed by atoms with van der Waals surface area (Å²) in [6.45, 7) is 4.01. The maximum absolute atomic E-state index is 13.2. The molecule has 2 atom stereocenters. The first-order valence-electron chi connectivity index (χ1n) is 8.71. The van der Waals surface area contributed by atoms with Gasteiger partial charge in [0.1, 0.15) is 0 Å². The number of methoxy groups -OCH3 is 1. The number of fused-ring (bicyclic) bond motifs is 1. The summed E-state index contributed by atoms with van der Waals surface area (Å²) in [4.78, 5) is 17.6. The summed E-state index contributed by atoms with van der Waals surface area (Å²) >= 11 is 0. The standard InChI is InChI=1S/C18H24N2O4/c1-22-14-9-13(10-19-7-2-3-8-19)20(11-14)18(21)15-5-4-6-16-17(15)24-12-23-16/h4-6,13-14H,2-3,7-12H2,1H3/t13-,14-/m0/s1. The van der Waals surface area contributed by atoms with Crippen LogP contribution in [0.25, 0.3) is 0 Å². The Kier molecular flexibility index (Phi) is 4.33. The van der Waals surface area contributed by atoms with E-state index in [9.17, 15) is 4.79 Å². The Morgan fingerprint density at radius 3 is 2.92 bits per heavy atom. The third-order valence-corrected chi connectivity index (χ3v) is 5.26. The number of hydrogen-bond acceptors (Lipinski definition) is 5. The molecule has 0 N–H and O–H groups in total. The van der Waals surface area contributed by atoms with Crippen molar-refractivity contribution in [2.75, 3.05) is 40.1 Å². The lowest BCUT2D eigenvalue weighted by atomic mass is 10.1. The molecule has 3 heterocycles. The number of amides is 1. The van der Waals surface area contributed by atoms with Gasteiger partial charge < -0.3 is 24.0 Å². The monoisotopic (exact) mass is 332 g/mol. The van der Waals surface area contributed by atoms with Gasteiger partial charge in [0.15, 0.2) is 11.5 Å². The summed E-state index contributed by atoms with van der Waals surface area (Å²) in [6.07, 6.45) is 3.51. The summed E-state index contributed by atoms with van der Waals surface area (Å²) in [5.74, 6) is 1.24. The Morgan fingerprint density at radius 1 is 1.29 bits per heavy atom. The van der Waals surface area contributed by atoms with E-state index >= 15 is 0 Å². The molecule has 130 valence electrons. The fourth-order valence-corrected chi connectivity index (χ4v) is 3.98. The van der Waals surface area contributed by atoms with Crippen molar-refractivity contribution in [3.05, 3.63) is 23.8 Å². The molecule has 1 amide bonds. The van der Waals surface area contributed by atoms with Crippen molar-refractivity contribution in [2.24, 2.45) is 0 Å². The van der Waals surface area contributed by atoms with E-state index in [0.29, 0.717) is 23.6 Å². The van der Waals surface area contributed by atoms with E-state index in [1.54, 1.807) is 7.11 Å². The average Bonchev–Trinajstić information content (AvgIpc) is 3.34. The molecule has 0 radical (unpaired) electrons. The number of benzene rings is 1.